The molecular formula is C19H16N2O3S2. The van der Waals surface area contributed by atoms with Crippen molar-refractivity contribution in [2.24, 2.45) is 0 Å². The van der Waals surface area contributed by atoms with Gasteiger partial charge < -0.3 is 4.52 Å². The second-order valence-electron chi connectivity index (χ2n) is 5.82. The predicted octanol–water partition coefficient (Wildman–Crippen LogP) is 4.92. The maximum atomic E-state index is 12.8. The number of hydrogen-bond acceptors (Lipinski definition) is 5. The van der Waals surface area contributed by atoms with Gasteiger partial charge in [0.15, 0.2) is 5.76 Å². The minimum absolute atomic E-state index is 0.231. The number of aromatic nitrogens is 1. The van der Waals surface area contributed by atoms with E-state index in [1.54, 1.807) is 17.5 Å². The molecule has 4 rings (SSSR count). The number of rotatable bonds is 5. The second-order valence-corrected chi connectivity index (χ2v) is 8.64. The van der Waals surface area contributed by atoms with Crippen LogP contribution in [0.2, 0.25) is 0 Å². The summed E-state index contributed by atoms with van der Waals surface area (Å²) in [6.07, 6.45) is 0.765. The maximum absolute atomic E-state index is 12.8. The number of nitrogens with zero attached hydrogens (tertiary/aromatic N) is 1. The van der Waals surface area contributed by atoms with Crippen LogP contribution in [0.4, 0.5) is 5.69 Å². The van der Waals surface area contributed by atoms with Crippen molar-refractivity contribution in [3.63, 3.8) is 0 Å². The van der Waals surface area contributed by atoms with E-state index in [4.69, 9.17) is 4.52 Å². The fraction of sp³-hybridized carbons (Fsp3) is 0.105. The smallest absolute Gasteiger partial charge is 0.271 e. The third-order valence-corrected chi connectivity index (χ3v) is 6.89. The van der Waals surface area contributed by atoms with E-state index < -0.39 is 10.0 Å². The summed E-state index contributed by atoms with van der Waals surface area (Å²) in [6.45, 7) is 1.99. The Kier molecular flexibility index (Phi) is 4.26. The first-order chi connectivity index (χ1) is 12.6. The zero-order valence-electron chi connectivity index (χ0n) is 14.0. The van der Waals surface area contributed by atoms with Crippen molar-refractivity contribution in [3.8, 4) is 11.3 Å². The van der Waals surface area contributed by atoms with E-state index >= 15 is 0 Å². The monoisotopic (exact) mass is 384 g/mol. The third kappa shape index (κ3) is 3.11. The van der Waals surface area contributed by atoms with Gasteiger partial charge in [0.1, 0.15) is 4.21 Å². The van der Waals surface area contributed by atoms with E-state index in [1.807, 2.05) is 49.4 Å². The Morgan fingerprint density at radius 2 is 1.92 bits per heavy atom. The molecule has 26 heavy (non-hydrogen) atoms. The molecule has 0 amide bonds. The zero-order valence-corrected chi connectivity index (χ0v) is 15.6. The molecule has 132 valence electrons. The Balaban J connectivity index is 1.67. The Morgan fingerprint density at radius 3 is 2.73 bits per heavy atom. The molecule has 2 heterocycles. The Labute approximate surface area is 155 Å². The van der Waals surface area contributed by atoms with Crippen LogP contribution in [0.15, 0.2) is 68.7 Å². The van der Waals surface area contributed by atoms with Gasteiger partial charge in [0.2, 0.25) is 0 Å². The molecule has 0 saturated heterocycles. The molecule has 0 aliphatic rings. The number of sulfonamides is 1. The number of fused-ring (bicyclic) bond motifs is 1. The Morgan fingerprint density at radius 1 is 1.12 bits per heavy atom. The van der Waals surface area contributed by atoms with Crippen molar-refractivity contribution in [3.05, 3.63) is 65.7 Å². The number of hydrogen-bond donors (Lipinski definition) is 1. The molecule has 4 aromatic rings. The largest absolute Gasteiger partial charge is 0.356 e. The van der Waals surface area contributed by atoms with Gasteiger partial charge in [-0.15, -0.1) is 11.3 Å². The lowest BCUT2D eigenvalue weighted by Crippen LogP contribution is -2.11. The number of nitrogens with one attached hydrogen (secondary N) is 1. The summed E-state index contributed by atoms with van der Waals surface area (Å²) in [5, 5.41) is 7.55. The summed E-state index contributed by atoms with van der Waals surface area (Å²) in [4.78, 5) is 0. The number of anilines is 1. The molecular weight excluding hydrogens is 368 g/mol. The van der Waals surface area contributed by atoms with Crippen LogP contribution in [-0.2, 0) is 16.4 Å². The van der Waals surface area contributed by atoms with Crippen molar-refractivity contribution < 1.29 is 12.9 Å². The van der Waals surface area contributed by atoms with Crippen LogP contribution >= 0.6 is 11.3 Å². The lowest BCUT2D eigenvalue weighted by Gasteiger charge is -2.09. The van der Waals surface area contributed by atoms with Gasteiger partial charge in [0.05, 0.1) is 11.4 Å². The minimum atomic E-state index is -3.68. The highest BCUT2D eigenvalue weighted by Gasteiger charge is 2.19. The molecule has 1 N–H and O–H groups in total. The van der Waals surface area contributed by atoms with Gasteiger partial charge in [-0.25, -0.2) is 8.42 Å². The Hall–Kier alpha value is -2.64. The van der Waals surface area contributed by atoms with Crippen molar-refractivity contribution in [2.75, 3.05) is 4.72 Å². The molecule has 0 aliphatic carbocycles. The number of benzene rings is 2. The average molecular weight is 384 g/mol. The van der Waals surface area contributed by atoms with Crippen LogP contribution < -0.4 is 4.72 Å². The van der Waals surface area contributed by atoms with Gasteiger partial charge in [-0.05, 0) is 23.9 Å². The first-order valence-electron chi connectivity index (χ1n) is 8.12. The van der Waals surface area contributed by atoms with Crippen LogP contribution in [0.5, 0.6) is 0 Å². The lowest BCUT2D eigenvalue weighted by atomic mass is 10.1. The molecule has 0 spiro atoms. The number of aryl methyl sites for hydroxylation is 1. The van der Waals surface area contributed by atoms with Crippen molar-refractivity contribution >= 4 is 37.8 Å². The van der Waals surface area contributed by atoms with E-state index in [0.29, 0.717) is 17.0 Å². The van der Waals surface area contributed by atoms with Gasteiger partial charge in [0, 0.05) is 22.4 Å². The predicted molar refractivity (Wildman–Crippen MR) is 104 cm³/mol. The van der Waals surface area contributed by atoms with Crippen molar-refractivity contribution in [1.29, 1.82) is 0 Å². The molecule has 2 aromatic carbocycles. The summed E-state index contributed by atoms with van der Waals surface area (Å²) in [6, 6.07) is 16.6. The molecule has 0 unspecified atom stereocenters. The van der Waals surface area contributed by atoms with Crippen LogP contribution in [0.25, 0.3) is 22.1 Å². The highest BCUT2D eigenvalue weighted by molar-refractivity contribution is 7.94. The van der Waals surface area contributed by atoms with E-state index in [9.17, 15) is 8.42 Å². The second kappa shape index (κ2) is 6.59. The summed E-state index contributed by atoms with van der Waals surface area (Å²) in [5.74, 6) is 0.574. The molecule has 5 nitrogen and oxygen atoms in total. The Bertz CT molecular complexity index is 1170. The lowest BCUT2D eigenvalue weighted by molar-refractivity contribution is 0.424. The highest BCUT2D eigenvalue weighted by Crippen LogP contribution is 2.31. The van der Waals surface area contributed by atoms with E-state index in [0.717, 1.165) is 34.2 Å². The minimum Gasteiger partial charge on any atom is -0.356 e. The fourth-order valence-corrected chi connectivity index (χ4v) is 4.96. The van der Waals surface area contributed by atoms with Crippen molar-refractivity contribution in [2.45, 2.75) is 17.6 Å². The van der Waals surface area contributed by atoms with Gasteiger partial charge in [-0.2, -0.15) is 0 Å². The molecule has 0 fully saturated rings. The summed E-state index contributed by atoms with van der Waals surface area (Å²) < 4.78 is 33.8. The zero-order chi connectivity index (χ0) is 18.1. The molecule has 2 aromatic heterocycles. The highest BCUT2D eigenvalue weighted by atomic mass is 32.2. The fourth-order valence-electron chi connectivity index (χ4n) is 2.71. The van der Waals surface area contributed by atoms with Crippen LogP contribution in [0, 0.1) is 0 Å². The molecule has 7 heteroatoms. The standard InChI is InChI=1S/C19H16N2O3S2/c1-2-15-11-18(24-20-15)14-10-19(25-12-14)26(22,23)21-17-9-5-7-13-6-3-4-8-16(13)17/h3-12,21H,2H2,1H3. The van der Waals surface area contributed by atoms with Gasteiger partial charge in [-0.3, -0.25) is 4.72 Å². The summed E-state index contributed by atoms with van der Waals surface area (Å²) in [5.41, 5.74) is 2.11. The van der Waals surface area contributed by atoms with Crippen molar-refractivity contribution in [1.82, 2.24) is 5.16 Å². The van der Waals surface area contributed by atoms with E-state index in [1.165, 1.54) is 0 Å². The van der Waals surface area contributed by atoms with Crippen LogP contribution in [0.1, 0.15) is 12.6 Å². The maximum Gasteiger partial charge on any atom is 0.271 e. The van der Waals surface area contributed by atoms with E-state index in [2.05, 4.69) is 9.88 Å². The molecule has 0 saturated carbocycles. The molecule has 0 bridgehead atoms. The first-order valence-corrected chi connectivity index (χ1v) is 10.5. The van der Waals surface area contributed by atoms with Gasteiger partial charge in [-0.1, -0.05) is 48.5 Å². The summed E-state index contributed by atoms with van der Waals surface area (Å²) >= 11 is 1.15. The first kappa shape index (κ1) is 16.8. The normalized spacial score (nSPS) is 11.7. The van der Waals surface area contributed by atoms with Crippen LogP contribution in [-0.4, -0.2) is 13.6 Å². The van der Waals surface area contributed by atoms with E-state index in [-0.39, 0.29) is 4.21 Å². The van der Waals surface area contributed by atoms with Gasteiger partial charge >= 0.3 is 0 Å². The quantitative estimate of drug-likeness (QED) is 0.530. The molecule has 0 atom stereocenters. The van der Waals surface area contributed by atoms with Gasteiger partial charge in [0.25, 0.3) is 10.0 Å². The summed E-state index contributed by atoms with van der Waals surface area (Å²) in [7, 11) is -3.68. The van der Waals surface area contributed by atoms with Crippen LogP contribution in [0.3, 0.4) is 0 Å². The molecule has 0 aliphatic heterocycles. The average Bonchev–Trinajstić information content (AvgIpc) is 3.31. The third-order valence-electron chi connectivity index (χ3n) is 4.08. The SMILES string of the molecule is CCc1cc(-c2csc(S(=O)(=O)Nc3cccc4ccccc34)c2)on1. The molecule has 0 radical (unpaired) electrons. The topological polar surface area (TPSA) is 72.2 Å². The number of thiophene rings is 1.